The van der Waals surface area contributed by atoms with Gasteiger partial charge in [0.2, 0.25) is 0 Å². The van der Waals surface area contributed by atoms with E-state index >= 15 is 0 Å². The van der Waals surface area contributed by atoms with E-state index in [4.69, 9.17) is 14.2 Å². The molecule has 3 nitrogen and oxygen atoms in total. The molecule has 1 saturated heterocycles. The van der Waals surface area contributed by atoms with E-state index in [2.05, 4.69) is 12.6 Å². The average molecular weight is 224 g/mol. The van der Waals surface area contributed by atoms with Crippen LogP contribution in [0, 0.1) is 0 Å². The van der Waals surface area contributed by atoms with E-state index in [-0.39, 0.29) is 4.75 Å². The van der Waals surface area contributed by atoms with Gasteiger partial charge in [-0.2, -0.15) is 12.6 Å². The average Bonchev–Trinajstić information content (AvgIpc) is 2.25. The van der Waals surface area contributed by atoms with Gasteiger partial charge >= 0.3 is 0 Å². The minimum absolute atomic E-state index is 0.143. The molecule has 0 aromatic heterocycles. The molecule has 0 saturated carbocycles. The van der Waals surface area contributed by atoms with Gasteiger partial charge in [-0.25, -0.2) is 0 Å². The maximum Gasteiger partial charge on any atom is 0.161 e. The maximum atomic E-state index is 5.53. The van der Waals surface area contributed by atoms with Crippen LogP contribution in [0.4, 0.5) is 0 Å². The minimum Gasteiger partial charge on any atom is -0.486 e. The van der Waals surface area contributed by atoms with Crippen LogP contribution in [0.2, 0.25) is 0 Å². The van der Waals surface area contributed by atoms with Crippen LogP contribution >= 0.6 is 12.6 Å². The van der Waals surface area contributed by atoms with Gasteiger partial charge < -0.3 is 14.2 Å². The van der Waals surface area contributed by atoms with E-state index in [1.807, 2.05) is 18.2 Å². The fourth-order valence-electron chi connectivity index (χ4n) is 1.79. The Kier molecular flexibility index (Phi) is 2.07. The zero-order valence-electron chi connectivity index (χ0n) is 8.23. The number of fused-ring (bicyclic) bond motifs is 1. The van der Waals surface area contributed by atoms with Crippen molar-refractivity contribution >= 4 is 12.6 Å². The van der Waals surface area contributed by atoms with Gasteiger partial charge in [-0.15, -0.1) is 0 Å². The Labute approximate surface area is 93.7 Å². The number of ether oxygens (including phenoxy) is 3. The standard InChI is InChI=1S/C11H12O3S/c15-11(6-12-7-11)8-1-2-9-10(5-8)14-4-3-13-9/h1-2,5,15H,3-4,6-7H2. The Hall–Kier alpha value is -0.870. The van der Waals surface area contributed by atoms with Gasteiger partial charge in [0.1, 0.15) is 13.2 Å². The first-order chi connectivity index (χ1) is 7.28. The lowest BCUT2D eigenvalue weighted by Crippen LogP contribution is -2.41. The van der Waals surface area contributed by atoms with Crippen molar-refractivity contribution < 1.29 is 14.2 Å². The van der Waals surface area contributed by atoms with Gasteiger partial charge in [-0.1, -0.05) is 6.07 Å². The summed E-state index contributed by atoms with van der Waals surface area (Å²) in [5, 5.41) is 0. The number of thiol groups is 1. The Balaban J connectivity index is 1.97. The molecule has 2 aliphatic heterocycles. The number of hydrogen-bond acceptors (Lipinski definition) is 4. The summed E-state index contributed by atoms with van der Waals surface area (Å²) in [6, 6.07) is 5.98. The van der Waals surface area contributed by atoms with E-state index in [1.54, 1.807) is 0 Å². The van der Waals surface area contributed by atoms with Crippen molar-refractivity contribution in [3.05, 3.63) is 23.8 Å². The molecule has 80 valence electrons. The second kappa shape index (κ2) is 3.32. The summed E-state index contributed by atoms with van der Waals surface area (Å²) in [4.78, 5) is 0. The Bertz CT molecular complexity index is 387. The van der Waals surface area contributed by atoms with Gasteiger partial charge in [0.05, 0.1) is 18.0 Å². The summed E-state index contributed by atoms with van der Waals surface area (Å²) in [6.07, 6.45) is 0. The molecule has 1 fully saturated rings. The Morgan fingerprint density at radius 1 is 1.07 bits per heavy atom. The maximum absolute atomic E-state index is 5.53. The second-order valence-corrected chi connectivity index (χ2v) is 4.74. The van der Waals surface area contributed by atoms with Gasteiger partial charge in [-0.3, -0.25) is 0 Å². The lowest BCUT2D eigenvalue weighted by atomic mass is 9.96. The molecule has 2 aliphatic rings. The molecular formula is C11H12O3S. The molecule has 0 spiro atoms. The molecule has 4 heteroatoms. The highest BCUT2D eigenvalue weighted by Gasteiger charge is 2.37. The Morgan fingerprint density at radius 2 is 1.80 bits per heavy atom. The predicted molar refractivity (Wildman–Crippen MR) is 58.9 cm³/mol. The summed E-state index contributed by atoms with van der Waals surface area (Å²) in [6.45, 7) is 2.57. The van der Waals surface area contributed by atoms with Crippen molar-refractivity contribution in [1.29, 1.82) is 0 Å². The normalized spacial score (nSPS) is 21.9. The number of benzene rings is 1. The van der Waals surface area contributed by atoms with Crippen molar-refractivity contribution in [3.63, 3.8) is 0 Å². The molecule has 1 aromatic rings. The molecule has 0 amide bonds. The molecule has 0 N–H and O–H groups in total. The molecule has 0 atom stereocenters. The van der Waals surface area contributed by atoms with E-state index in [0.29, 0.717) is 26.4 Å². The molecule has 0 unspecified atom stereocenters. The molecule has 15 heavy (non-hydrogen) atoms. The smallest absolute Gasteiger partial charge is 0.161 e. The van der Waals surface area contributed by atoms with Crippen molar-refractivity contribution in [1.82, 2.24) is 0 Å². The zero-order valence-corrected chi connectivity index (χ0v) is 9.13. The fourth-order valence-corrected chi connectivity index (χ4v) is 2.12. The number of rotatable bonds is 1. The SMILES string of the molecule is SC1(c2ccc3c(c2)OCCO3)COC1. The molecule has 2 heterocycles. The zero-order chi connectivity index (χ0) is 10.3. The fraction of sp³-hybridized carbons (Fsp3) is 0.455. The van der Waals surface area contributed by atoms with Gasteiger partial charge in [0.15, 0.2) is 11.5 Å². The van der Waals surface area contributed by atoms with Crippen molar-refractivity contribution in [2.75, 3.05) is 26.4 Å². The summed E-state index contributed by atoms with van der Waals surface area (Å²) in [7, 11) is 0. The second-order valence-electron chi connectivity index (χ2n) is 3.88. The van der Waals surface area contributed by atoms with Crippen LogP contribution in [0.25, 0.3) is 0 Å². The highest BCUT2D eigenvalue weighted by atomic mass is 32.1. The van der Waals surface area contributed by atoms with E-state index in [1.165, 1.54) is 0 Å². The third kappa shape index (κ3) is 1.48. The van der Waals surface area contributed by atoms with Crippen LogP contribution in [0.1, 0.15) is 5.56 Å². The third-order valence-electron chi connectivity index (χ3n) is 2.76. The van der Waals surface area contributed by atoms with Crippen LogP contribution < -0.4 is 9.47 Å². The van der Waals surface area contributed by atoms with Crippen LogP contribution in [0.5, 0.6) is 11.5 Å². The van der Waals surface area contributed by atoms with Crippen LogP contribution in [0.15, 0.2) is 18.2 Å². The monoisotopic (exact) mass is 224 g/mol. The third-order valence-corrected chi connectivity index (χ3v) is 3.28. The quantitative estimate of drug-likeness (QED) is 0.734. The summed E-state index contributed by atoms with van der Waals surface area (Å²) < 4.78 is 16.0. The van der Waals surface area contributed by atoms with E-state index in [9.17, 15) is 0 Å². The topological polar surface area (TPSA) is 27.7 Å². The van der Waals surface area contributed by atoms with E-state index < -0.39 is 0 Å². The van der Waals surface area contributed by atoms with Crippen molar-refractivity contribution in [3.8, 4) is 11.5 Å². The van der Waals surface area contributed by atoms with E-state index in [0.717, 1.165) is 17.1 Å². The molecular weight excluding hydrogens is 212 g/mol. The van der Waals surface area contributed by atoms with Gasteiger partial charge in [-0.05, 0) is 17.7 Å². The molecule has 0 aliphatic carbocycles. The van der Waals surface area contributed by atoms with Crippen LogP contribution in [0.3, 0.4) is 0 Å². The molecule has 0 radical (unpaired) electrons. The summed E-state index contributed by atoms with van der Waals surface area (Å²) >= 11 is 4.61. The summed E-state index contributed by atoms with van der Waals surface area (Å²) in [5.74, 6) is 1.64. The largest absolute Gasteiger partial charge is 0.486 e. The van der Waals surface area contributed by atoms with Crippen LogP contribution in [-0.4, -0.2) is 26.4 Å². The van der Waals surface area contributed by atoms with Crippen molar-refractivity contribution in [2.24, 2.45) is 0 Å². The first-order valence-corrected chi connectivity index (χ1v) is 5.43. The lowest BCUT2D eigenvalue weighted by molar-refractivity contribution is -0.00986. The predicted octanol–water partition coefficient (Wildman–Crippen LogP) is 1.61. The number of hydrogen-bond donors (Lipinski definition) is 1. The van der Waals surface area contributed by atoms with Gasteiger partial charge in [0, 0.05) is 0 Å². The minimum atomic E-state index is -0.143. The first-order valence-electron chi connectivity index (χ1n) is 4.98. The summed E-state index contributed by atoms with van der Waals surface area (Å²) in [5.41, 5.74) is 1.14. The molecule has 0 bridgehead atoms. The van der Waals surface area contributed by atoms with Crippen molar-refractivity contribution in [2.45, 2.75) is 4.75 Å². The van der Waals surface area contributed by atoms with Gasteiger partial charge in [0.25, 0.3) is 0 Å². The molecule has 1 aromatic carbocycles. The van der Waals surface area contributed by atoms with Crippen LogP contribution in [-0.2, 0) is 9.48 Å². The highest BCUT2D eigenvalue weighted by molar-refractivity contribution is 7.81. The highest BCUT2D eigenvalue weighted by Crippen LogP contribution is 2.40. The first kappa shape index (κ1) is 9.36. The molecule has 3 rings (SSSR count). The Morgan fingerprint density at radius 3 is 2.47 bits per heavy atom. The lowest BCUT2D eigenvalue weighted by Gasteiger charge is -2.37.